The maximum atomic E-state index is 13.5. The maximum absolute atomic E-state index is 13.5. The van der Waals surface area contributed by atoms with Crippen molar-refractivity contribution in [2.45, 2.75) is 19.4 Å². The normalized spacial score (nSPS) is 12.2. The molecule has 0 heterocycles. The molecule has 0 amide bonds. The van der Waals surface area contributed by atoms with E-state index in [0.717, 1.165) is 0 Å². The molecule has 3 nitrogen and oxygen atoms in total. The van der Waals surface area contributed by atoms with Gasteiger partial charge < -0.3 is 10.5 Å². The van der Waals surface area contributed by atoms with Crippen molar-refractivity contribution in [2.24, 2.45) is 5.73 Å². The van der Waals surface area contributed by atoms with E-state index in [0.29, 0.717) is 16.6 Å². The van der Waals surface area contributed by atoms with Crippen LogP contribution in [0.15, 0.2) is 22.7 Å². The summed E-state index contributed by atoms with van der Waals surface area (Å²) in [7, 11) is 0. The minimum absolute atomic E-state index is 0.0214. The number of halogens is 2. The summed E-state index contributed by atoms with van der Waals surface area (Å²) in [4.78, 5) is 11.2. The van der Waals surface area contributed by atoms with Crippen LogP contribution in [-0.4, -0.2) is 12.6 Å². The van der Waals surface area contributed by atoms with Crippen LogP contribution in [0.25, 0.3) is 0 Å². The second-order valence-corrected chi connectivity index (χ2v) is 4.20. The van der Waals surface area contributed by atoms with E-state index in [2.05, 4.69) is 15.9 Å². The molecule has 0 aliphatic carbocycles. The fourth-order valence-corrected chi connectivity index (χ4v) is 1.64. The molecule has 0 saturated heterocycles. The molecule has 0 unspecified atom stereocenters. The molecule has 0 radical (unpaired) electrons. The Labute approximate surface area is 102 Å². The van der Waals surface area contributed by atoms with Gasteiger partial charge >= 0.3 is 5.97 Å². The molecule has 1 atom stereocenters. The van der Waals surface area contributed by atoms with Gasteiger partial charge in [-0.2, -0.15) is 0 Å². The minimum Gasteiger partial charge on any atom is -0.466 e. The molecule has 1 rings (SSSR count). The summed E-state index contributed by atoms with van der Waals surface area (Å²) in [5.74, 6) is -0.844. The first-order chi connectivity index (χ1) is 7.54. The van der Waals surface area contributed by atoms with E-state index in [1.54, 1.807) is 19.1 Å². The predicted molar refractivity (Wildman–Crippen MR) is 62.3 cm³/mol. The Hall–Kier alpha value is -0.940. The number of carbonyl (C=O) groups is 1. The molecule has 0 spiro atoms. The summed E-state index contributed by atoms with van der Waals surface area (Å²) in [6.07, 6.45) is -0.0214. The molecule has 5 heteroatoms. The first-order valence-electron chi connectivity index (χ1n) is 4.90. The molecule has 0 saturated carbocycles. The molecule has 1 aromatic rings. The van der Waals surface area contributed by atoms with Crippen LogP contribution in [0.3, 0.4) is 0 Å². The largest absolute Gasteiger partial charge is 0.466 e. The molecule has 0 bridgehead atoms. The van der Waals surface area contributed by atoms with Crippen molar-refractivity contribution in [3.63, 3.8) is 0 Å². The minimum atomic E-state index is -0.674. The van der Waals surface area contributed by atoms with E-state index in [9.17, 15) is 9.18 Å². The van der Waals surface area contributed by atoms with E-state index in [4.69, 9.17) is 10.5 Å². The van der Waals surface area contributed by atoms with Crippen LogP contribution < -0.4 is 5.73 Å². The number of hydrogen-bond donors (Lipinski definition) is 1. The lowest BCUT2D eigenvalue weighted by atomic mass is 10.0. The number of benzene rings is 1. The van der Waals surface area contributed by atoms with Gasteiger partial charge in [-0.15, -0.1) is 0 Å². The van der Waals surface area contributed by atoms with E-state index in [-0.39, 0.29) is 6.42 Å². The van der Waals surface area contributed by atoms with Crippen LogP contribution in [0.1, 0.15) is 24.9 Å². The number of hydrogen-bond acceptors (Lipinski definition) is 3. The van der Waals surface area contributed by atoms with E-state index >= 15 is 0 Å². The van der Waals surface area contributed by atoms with Gasteiger partial charge in [-0.3, -0.25) is 4.79 Å². The van der Waals surface area contributed by atoms with Crippen molar-refractivity contribution in [1.29, 1.82) is 0 Å². The van der Waals surface area contributed by atoms with Gasteiger partial charge in [-0.1, -0.05) is 22.0 Å². The van der Waals surface area contributed by atoms with Crippen LogP contribution in [0, 0.1) is 5.82 Å². The average molecular weight is 290 g/mol. The van der Waals surface area contributed by atoms with Crippen LogP contribution >= 0.6 is 15.9 Å². The topological polar surface area (TPSA) is 52.3 Å². The third kappa shape index (κ3) is 3.57. The van der Waals surface area contributed by atoms with Gasteiger partial charge in [0.25, 0.3) is 0 Å². The highest BCUT2D eigenvalue weighted by molar-refractivity contribution is 9.10. The van der Waals surface area contributed by atoms with E-state index in [1.807, 2.05) is 0 Å². The van der Waals surface area contributed by atoms with Crippen LogP contribution in [-0.2, 0) is 9.53 Å². The molecule has 16 heavy (non-hydrogen) atoms. The third-order valence-electron chi connectivity index (χ3n) is 2.05. The average Bonchev–Trinajstić information content (AvgIpc) is 2.17. The third-order valence-corrected chi connectivity index (χ3v) is 2.55. The lowest BCUT2D eigenvalue weighted by Gasteiger charge is -2.12. The van der Waals surface area contributed by atoms with Gasteiger partial charge in [0, 0.05) is 16.1 Å². The standard InChI is InChI=1S/C11H13BrFNO2/c1-2-16-11(15)6-10(14)8-4-3-7(12)5-9(8)13/h3-5,10H,2,6,14H2,1H3/t10-/m1/s1. The maximum Gasteiger partial charge on any atom is 0.307 e. The van der Waals surface area contributed by atoms with Crippen molar-refractivity contribution in [3.8, 4) is 0 Å². The number of rotatable bonds is 4. The zero-order valence-electron chi connectivity index (χ0n) is 8.87. The van der Waals surface area contributed by atoms with Crippen molar-refractivity contribution in [3.05, 3.63) is 34.1 Å². The Kier molecular flexibility index (Phi) is 4.89. The Morgan fingerprint density at radius 2 is 2.31 bits per heavy atom. The number of esters is 1. The van der Waals surface area contributed by atoms with Crippen molar-refractivity contribution in [1.82, 2.24) is 0 Å². The molecule has 0 aliphatic rings. The Balaban J connectivity index is 2.72. The van der Waals surface area contributed by atoms with Gasteiger partial charge in [-0.05, 0) is 19.1 Å². The Morgan fingerprint density at radius 1 is 1.62 bits per heavy atom. The SMILES string of the molecule is CCOC(=O)C[C@@H](N)c1ccc(Br)cc1F. The molecule has 1 aromatic carbocycles. The quantitative estimate of drug-likeness (QED) is 0.867. The summed E-state index contributed by atoms with van der Waals surface area (Å²) < 4.78 is 18.9. The van der Waals surface area contributed by atoms with Crippen LogP contribution in [0.4, 0.5) is 4.39 Å². The van der Waals surface area contributed by atoms with E-state index < -0.39 is 17.8 Å². The highest BCUT2D eigenvalue weighted by Crippen LogP contribution is 2.21. The molecule has 0 aromatic heterocycles. The Morgan fingerprint density at radius 3 is 2.88 bits per heavy atom. The van der Waals surface area contributed by atoms with Gasteiger partial charge in [0.05, 0.1) is 13.0 Å². The molecule has 0 fully saturated rings. The summed E-state index contributed by atoms with van der Waals surface area (Å²) in [5.41, 5.74) is 6.04. The highest BCUT2D eigenvalue weighted by atomic mass is 79.9. The van der Waals surface area contributed by atoms with Gasteiger partial charge in [-0.25, -0.2) is 4.39 Å². The second-order valence-electron chi connectivity index (χ2n) is 3.28. The molecule has 2 N–H and O–H groups in total. The lowest BCUT2D eigenvalue weighted by molar-refractivity contribution is -0.143. The fraction of sp³-hybridized carbons (Fsp3) is 0.364. The number of ether oxygens (including phenoxy) is 1. The van der Waals surface area contributed by atoms with Gasteiger partial charge in [0.15, 0.2) is 0 Å². The number of nitrogens with two attached hydrogens (primary N) is 1. The fourth-order valence-electron chi connectivity index (χ4n) is 1.31. The summed E-state index contributed by atoms with van der Waals surface area (Å²) in [6, 6.07) is 3.89. The monoisotopic (exact) mass is 289 g/mol. The molecule has 0 aliphatic heterocycles. The van der Waals surface area contributed by atoms with Gasteiger partial charge in [0.1, 0.15) is 5.82 Å². The van der Waals surface area contributed by atoms with Crippen molar-refractivity contribution < 1.29 is 13.9 Å². The van der Waals surface area contributed by atoms with Crippen LogP contribution in [0.2, 0.25) is 0 Å². The molecule has 88 valence electrons. The second kappa shape index (κ2) is 5.96. The number of carbonyl (C=O) groups excluding carboxylic acids is 1. The summed E-state index contributed by atoms with van der Waals surface area (Å²) in [5, 5.41) is 0. The zero-order chi connectivity index (χ0) is 12.1. The van der Waals surface area contributed by atoms with Crippen molar-refractivity contribution >= 4 is 21.9 Å². The van der Waals surface area contributed by atoms with E-state index in [1.165, 1.54) is 6.07 Å². The zero-order valence-corrected chi connectivity index (χ0v) is 10.5. The Bertz CT molecular complexity index is 384. The predicted octanol–water partition coefficient (Wildman–Crippen LogP) is 2.54. The first-order valence-corrected chi connectivity index (χ1v) is 5.70. The highest BCUT2D eigenvalue weighted by Gasteiger charge is 2.16. The lowest BCUT2D eigenvalue weighted by Crippen LogP contribution is -2.18. The molecular weight excluding hydrogens is 277 g/mol. The molecular formula is C11H13BrFNO2. The van der Waals surface area contributed by atoms with Crippen LogP contribution in [0.5, 0.6) is 0 Å². The smallest absolute Gasteiger partial charge is 0.307 e. The summed E-state index contributed by atoms with van der Waals surface area (Å²) >= 11 is 3.15. The summed E-state index contributed by atoms with van der Waals surface area (Å²) in [6.45, 7) is 2.01. The first kappa shape index (κ1) is 13.1. The van der Waals surface area contributed by atoms with Gasteiger partial charge in [0.2, 0.25) is 0 Å². The van der Waals surface area contributed by atoms with Crippen molar-refractivity contribution in [2.75, 3.05) is 6.61 Å².